The lowest BCUT2D eigenvalue weighted by molar-refractivity contribution is -0.137. The van der Waals surface area contributed by atoms with Crippen LogP contribution in [-0.2, 0) is 14.3 Å². The second kappa shape index (κ2) is 6.83. The van der Waals surface area contributed by atoms with E-state index in [4.69, 9.17) is 4.74 Å². The number of likely N-dealkylation sites (N-methyl/N-ethyl adjacent to an activating group) is 1. The molecule has 1 atom stereocenters. The molecule has 0 aromatic rings. The predicted octanol–water partition coefficient (Wildman–Crippen LogP) is -2.13. The van der Waals surface area contributed by atoms with Gasteiger partial charge < -0.3 is 25.2 Å². The first-order chi connectivity index (χ1) is 9.15. The minimum Gasteiger partial charge on any atom is -0.374 e. The van der Waals surface area contributed by atoms with Gasteiger partial charge in [0, 0.05) is 32.7 Å². The smallest absolute Gasteiger partial charge is 0.239 e. The van der Waals surface area contributed by atoms with Crippen molar-refractivity contribution in [3.8, 4) is 0 Å². The van der Waals surface area contributed by atoms with Gasteiger partial charge in [0.25, 0.3) is 0 Å². The Bertz CT molecular complexity index is 337. The maximum Gasteiger partial charge on any atom is 0.239 e. The van der Waals surface area contributed by atoms with Gasteiger partial charge >= 0.3 is 0 Å². The lowest BCUT2D eigenvalue weighted by Crippen LogP contribution is -2.52. The molecule has 2 heterocycles. The van der Waals surface area contributed by atoms with Crippen molar-refractivity contribution in [1.29, 1.82) is 0 Å². The Morgan fingerprint density at radius 1 is 1.53 bits per heavy atom. The summed E-state index contributed by atoms with van der Waals surface area (Å²) in [6.07, 6.45) is 0.135. The zero-order valence-corrected chi connectivity index (χ0v) is 11.4. The van der Waals surface area contributed by atoms with Crippen LogP contribution in [0.25, 0.3) is 0 Å². The molecule has 2 N–H and O–H groups in total. The maximum atomic E-state index is 11.9. The minimum absolute atomic E-state index is 0.0287. The molecule has 2 fully saturated rings. The third-order valence-corrected chi connectivity index (χ3v) is 3.38. The van der Waals surface area contributed by atoms with Gasteiger partial charge in [-0.15, -0.1) is 0 Å². The van der Waals surface area contributed by atoms with Gasteiger partial charge in [-0.2, -0.15) is 0 Å². The molecule has 0 bridgehead atoms. The average Bonchev–Trinajstić information content (AvgIpc) is 2.38. The minimum atomic E-state index is -0.0863. The van der Waals surface area contributed by atoms with E-state index in [-0.39, 0.29) is 31.0 Å². The zero-order valence-electron chi connectivity index (χ0n) is 11.4. The standard InChI is InChI=1S/C12H22N4O3/c1-15-4-5-19-10(8-15)6-13-7-12(18)16-3-2-14-11(17)9-16/h10,13H,2-9H2,1H3,(H,14,17). The van der Waals surface area contributed by atoms with E-state index in [0.29, 0.717) is 19.6 Å². The summed E-state index contributed by atoms with van der Waals surface area (Å²) in [5.41, 5.74) is 0. The molecule has 1 unspecified atom stereocenters. The highest BCUT2D eigenvalue weighted by molar-refractivity contribution is 5.86. The number of carbonyl (C=O) groups is 2. The SMILES string of the molecule is CN1CCOC(CNCC(=O)N2CCNC(=O)C2)C1. The van der Waals surface area contributed by atoms with Crippen LogP contribution in [0.15, 0.2) is 0 Å². The predicted molar refractivity (Wildman–Crippen MR) is 69.7 cm³/mol. The molecule has 0 spiro atoms. The number of rotatable bonds is 4. The van der Waals surface area contributed by atoms with Crippen LogP contribution in [0.1, 0.15) is 0 Å². The van der Waals surface area contributed by atoms with E-state index in [9.17, 15) is 9.59 Å². The number of carbonyl (C=O) groups excluding carboxylic acids is 2. The van der Waals surface area contributed by atoms with Crippen molar-refractivity contribution >= 4 is 11.8 Å². The van der Waals surface area contributed by atoms with Crippen molar-refractivity contribution in [2.24, 2.45) is 0 Å². The van der Waals surface area contributed by atoms with E-state index in [1.165, 1.54) is 0 Å². The molecule has 0 aliphatic carbocycles. The van der Waals surface area contributed by atoms with Crippen molar-refractivity contribution in [3.63, 3.8) is 0 Å². The first kappa shape index (κ1) is 14.2. The quantitative estimate of drug-likeness (QED) is 0.610. The van der Waals surface area contributed by atoms with Crippen LogP contribution in [0.4, 0.5) is 0 Å². The second-order valence-electron chi connectivity index (χ2n) is 5.05. The van der Waals surface area contributed by atoms with Crippen molar-refractivity contribution in [1.82, 2.24) is 20.4 Å². The molecule has 0 aromatic heterocycles. The Labute approximate surface area is 113 Å². The lowest BCUT2D eigenvalue weighted by atomic mass is 10.3. The fraction of sp³-hybridized carbons (Fsp3) is 0.833. The summed E-state index contributed by atoms with van der Waals surface area (Å²) in [6, 6.07) is 0. The van der Waals surface area contributed by atoms with E-state index < -0.39 is 0 Å². The summed E-state index contributed by atoms with van der Waals surface area (Å²) in [4.78, 5) is 26.9. The molecule has 2 amide bonds. The molecule has 19 heavy (non-hydrogen) atoms. The maximum absolute atomic E-state index is 11.9. The lowest BCUT2D eigenvalue weighted by Gasteiger charge is -2.30. The van der Waals surface area contributed by atoms with Crippen molar-refractivity contribution in [2.75, 3.05) is 59.5 Å². The Morgan fingerprint density at radius 2 is 2.37 bits per heavy atom. The summed E-state index contributed by atoms with van der Waals surface area (Å²) in [7, 11) is 2.06. The van der Waals surface area contributed by atoms with Crippen molar-refractivity contribution < 1.29 is 14.3 Å². The van der Waals surface area contributed by atoms with Crippen molar-refractivity contribution in [3.05, 3.63) is 0 Å². The van der Waals surface area contributed by atoms with Crippen LogP contribution >= 0.6 is 0 Å². The number of nitrogens with one attached hydrogen (secondary N) is 2. The molecule has 7 heteroatoms. The van der Waals surface area contributed by atoms with Gasteiger partial charge in [-0.05, 0) is 7.05 Å². The normalized spacial score (nSPS) is 25.2. The Morgan fingerprint density at radius 3 is 3.11 bits per heavy atom. The zero-order chi connectivity index (χ0) is 13.7. The fourth-order valence-corrected chi connectivity index (χ4v) is 2.29. The van der Waals surface area contributed by atoms with Gasteiger partial charge in [0.2, 0.25) is 11.8 Å². The van der Waals surface area contributed by atoms with E-state index in [0.717, 1.165) is 19.7 Å². The number of piperazine rings is 1. The van der Waals surface area contributed by atoms with Crippen LogP contribution in [-0.4, -0.2) is 87.2 Å². The van der Waals surface area contributed by atoms with Gasteiger partial charge in [0.1, 0.15) is 0 Å². The topological polar surface area (TPSA) is 73.9 Å². The number of amides is 2. The third kappa shape index (κ3) is 4.45. The first-order valence-corrected chi connectivity index (χ1v) is 6.70. The van der Waals surface area contributed by atoms with Gasteiger partial charge in [-0.1, -0.05) is 0 Å². The number of ether oxygens (including phenoxy) is 1. The summed E-state index contributed by atoms with van der Waals surface area (Å²) in [5, 5.41) is 5.81. The molecule has 0 saturated carbocycles. The van der Waals surface area contributed by atoms with Crippen molar-refractivity contribution in [2.45, 2.75) is 6.10 Å². The van der Waals surface area contributed by atoms with Crippen LogP contribution in [0, 0.1) is 0 Å². The number of hydrogen-bond acceptors (Lipinski definition) is 5. The van der Waals surface area contributed by atoms with E-state index >= 15 is 0 Å². The summed E-state index contributed by atoms with van der Waals surface area (Å²) in [6.45, 7) is 4.81. The number of hydrogen-bond donors (Lipinski definition) is 2. The number of morpholine rings is 1. The molecule has 7 nitrogen and oxygen atoms in total. The van der Waals surface area contributed by atoms with E-state index in [2.05, 4.69) is 22.6 Å². The van der Waals surface area contributed by atoms with Gasteiger partial charge in [0.05, 0.1) is 25.8 Å². The van der Waals surface area contributed by atoms with Crippen LogP contribution in [0.5, 0.6) is 0 Å². The highest BCUT2D eigenvalue weighted by Crippen LogP contribution is 2.01. The van der Waals surface area contributed by atoms with Crippen LogP contribution in [0.2, 0.25) is 0 Å². The second-order valence-corrected chi connectivity index (χ2v) is 5.05. The van der Waals surface area contributed by atoms with Gasteiger partial charge in [-0.25, -0.2) is 0 Å². The molecule has 2 rings (SSSR count). The third-order valence-electron chi connectivity index (χ3n) is 3.38. The average molecular weight is 270 g/mol. The molecule has 0 radical (unpaired) electrons. The highest BCUT2D eigenvalue weighted by Gasteiger charge is 2.21. The Kier molecular flexibility index (Phi) is 5.12. The Hall–Kier alpha value is -1.18. The molecular formula is C12H22N4O3. The van der Waals surface area contributed by atoms with E-state index in [1.807, 2.05) is 0 Å². The van der Waals surface area contributed by atoms with Gasteiger partial charge in [0.15, 0.2) is 0 Å². The molecule has 2 aliphatic heterocycles. The monoisotopic (exact) mass is 270 g/mol. The van der Waals surface area contributed by atoms with E-state index in [1.54, 1.807) is 4.90 Å². The molecular weight excluding hydrogens is 248 g/mol. The Balaban J connectivity index is 1.64. The number of nitrogens with zero attached hydrogens (tertiary/aromatic N) is 2. The molecule has 0 aromatic carbocycles. The summed E-state index contributed by atoms with van der Waals surface area (Å²) in [5.74, 6) is -0.115. The van der Waals surface area contributed by atoms with Gasteiger partial charge in [-0.3, -0.25) is 9.59 Å². The largest absolute Gasteiger partial charge is 0.374 e. The molecule has 2 aliphatic rings. The summed E-state index contributed by atoms with van der Waals surface area (Å²) >= 11 is 0. The van der Waals surface area contributed by atoms with Crippen LogP contribution in [0.3, 0.4) is 0 Å². The first-order valence-electron chi connectivity index (χ1n) is 6.70. The molecule has 2 saturated heterocycles. The highest BCUT2D eigenvalue weighted by atomic mass is 16.5. The fourth-order valence-electron chi connectivity index (χ4n) is 2.29. The van der Waals surface area contributed by atoms with Crippen LogP contribution < -0.4 is 10.6 Å². The summed E-state index contributed by atoms with van der Waals surface area (Å²) < 4.78 is 5.60. The molecule has 108 valence electrons.